The molecule has 0 heterocycles. The molecule has 2 N–H and O–H groups in total. The van der Waals surface area contributed by atoms with E-state index in [1.54, 1.807) is 6.08 Å². The van der Waals surface area contributed by atoms with E-state index in [1.807, 2.05) is 27.2 Å². The molecular formula is C39H75N2O6P. The van der Waals surface area contributed by atoms with Gasteiger partial charge in [0.05, 0.1) is 39.9 Å². The van der Waals surface area contributed by atoms with Crippen LogP contribution in [0.5, 0.6) is 0 Å². The van der Waals surface area contributed by atoms with E-state index in [2.05, 4.69) is 43.5 Å². The third kappa shape index (κ3) is 33.2. The van der Waals surface area contributed by atoms with Crippen molar-refractivity contribution in [1.29, 1.82) is 0 Å². The van der Waals surface area contributed by atoms with Crippen LogP contribution in [0.4, 0.5) is 0 Å². The fourth-order valence-corrected chi connectivity index (χ4v) is 5.88. The van der Waals surface area contributed by atoms with Crippen molar-refractivity contribution in [2.45, 2.75) is 167 Å². The van der Waals surface area contributed by atoms with Gasteiger partial charge in [0.25, 0.3) is 7.82 Å². The van der Waals surface area contributed by atoms with E-state index < -0.39 is 26.6 Å². The summed E-state index contributed by atoms with van der Waals surface area (Å²) in [7, 11) is 1.23. The van der Waals surface area contributed by atoms with Crippen molar-refractivity contribution in [3.63, 3.8) is 0 Å². The standard InChI is InChI=1S/C39H75N2O6P/c1-6-8-10-12-14-16-18-20-21-23-25-27-29-31-33-39(43)40-37(36-47-48(44,45)46-35-34-41(3,4)5)38(42)32-30-28-26-24-22-19-17-15-13-11-9-7-2/h18,20,22,24,30,32,37-38,42H,6-17,19,21,23,25-29,31,33-36H2,1-5H3,(H-,40,43,44,45)/b20-18-,24-22+,32-30+. The van der Waals surface area contributed by atoms with Crippen LogP contribution in [0.1, 0.15) is 155 Å². The van der Waals surface area contributed by atoms with Gasteiger partial charge < -0.3 is 28.8 Å². The van der Waals surface area contributed by atoms with Crippen LogP contribution in [-0.4, -0.2) is 68.5 Å². The molecule has 0 spiro atoms. The van der Waals surface area contributed by atoms with Crippen molar-refractivity contribution in [2.24, 2.45) is 0 Å². The predicted octanol–water partition coefficient (Wildman–Crippen LogP) is 9.33. The normalized spacial score (nSPS) is 15.1. The van der Waals surface area contributed by atoms with Crippen LogP contribution in [0.25, 0.3) is 0 Å². The Kier molecular flexibility index (Phi) is 30.8. The van der Waals surface area contributed by atoms with E-state index >= 15 is 0 Å². The molecule has 282 valence electrons. The molecule has 9 heteroatoms. The maximum absolute atomic E-state index is 12.8. The number of nitrogens with zero attached hydrogens (tertiary/aromatic N) is 1. The van der Waals surface area contributed by atoms with Crippen molar-refractivity contribution in [3.8, 4) is 0 Å². The number of phosphoric ester groups is 1. The number of aliphatic hydroxyl groups excluding tert-OH is 1. The highest BCUT2D eigenvalue weighted by atomic mass is 31.2. The van der Waals surface area contributed by atoms with E-state index in [0.29, 0.717) is 17.4 Å². The van der Waals surface area contributed by atoms with Gasteiger partial charge in [0, 0.05) is 6.42 Å². The second kappa shape index (κ2) is 31.7. The molecule has 3 atom stereocenters. The van der Waals surface area contributed by atoms with Gasteiger partial charge in [-0.05, 0) is 57.8 Å². The van der Waals surface area contributed by atoms with Gasteiger partial charge in [-0.3, -0.25) is 9.36 Å². The van der Waals surface area contributed by atoms with Gasteiger partial charge in [-0.25, -0.2) is 0 Å². The number of hydrogen-bond donors (Lipinski definition) is 2. The van der Waals surface area contributed by atoms with Crippen LogP contribution in [0.15, 0.2) is 36.5 Å². The summed E-state index contributed by atoms with van der Waals surface area (Å²) in [6.45, 7) is 4.56. The van der Waals surface area contributed by atoms with Crippen molar-refractivity contribution in [1.82, 2.24) is 5.32 Å². The number of allylic oxidation sites excluding steroid dienone is 5. The van der Waals surface area contributed by atoms with Crippen LogP contribution in [0.3, 0.4) is 0 Å². The molecule has 0 radical (unpaired) electrons. The van der Waals surface area contributed by atoms with Gasteiger partial charge in [-0.15, -0.1) is 0 Å². The zero-order valence-corrected chi connectivity index (χ0v) is 32.6. The van der Waals surface area contributed by atoms with Crippen molar-refractivity contribution >= 4 is 13.7 Å². The van der Waals surface area contributed by atoms with Crippen LogP contribution in [-0.2, 0) is 18.4 Å². The zero-order valence-electron chi connectivity index (χ0n) is 31.7. The number of carbonyl (C=O) groups is 1. The molecule has 3 unspecified atom stereocenters. The Hall–Kier alpha value is -1.28. The first-order chi connectivity index (χ1) is 23.0. The Morgan fingerprint density at radius 3 is 1.69 bits per heavy atom. The summed E-state index contributed by atoms with van der Waals surface area (Å²) in [4.78, 5) is 25.1. The number of hydrogen-bond acceptors (Lipinski definition) is 6. The maximum Gasteiger partial charge on any atom is 0.268 e. The third-order valence-electron chi connectivity index (χ3n) is 8.32. The molecule has 1 amide bonds. The van der Waals surface area contributed by atoms with E-state index in [9.17, 15) is 19.4 Å². The summed E-state index contributed by atoms with van der Waals surface area (Å²) >= 11 is 0. The summed E-state index contributed by atoms with van der Waals surface area (Å²) in [5.41, 5.74) is 0. The van der Waals surface area contributed by atoms with Crippen molar-refractivity contribution in [2.75, 3.05) is 40.9 Å². The van der Waals surface area contributed by atoms with E-state index in [1.165, 1.54) is 77.0 Å². The number of amides is 1. The molecule has 8 nitrogen and oxygen atoms in total. The first kappa shape index (κ1) is 46.7. The van der Waals surface area contributed by atoms with Crippen LogP contribution < -0.4 is 10.2 Å². The molecule has 0 rings (SSSR count). The maximum atomic E-state index is 12.8. The number of carbonyl (C=O) groups excluding carboxylic acids is 1. The number of likely N-dealkylation sites (N-methyl/N-ethyl adjacent to an activating group) is 1. The average molecular weight is 699 g/mol. The lowest BCUT2D eigenvalue weighted by molar-refractivity contribution is -0.870. The number of quaternary nitrogens is 1. The SMILES string of the molecule is CCCCCCC/C=C\CCCCCCCC(=O)NC(COP(=O)([O-])OCC[N+](C)(C)C)C(O)/C=C/CC/C=C/CCCCCCCC. The number of aliphatic hydroxyl groups is 1. The molecule has 0 aromatic heterocycles. The minimum atomic E-state index is -4.59. The lowest BCUT2D eigenvalue weighted by Crippen LogP contribution is -2.45. The number of unbranched alkanes of at least 4 members (excludes halogenated alkanes) is 17. The van der Waals surface area contributed by atoms with E-state index in [4.69, 9.17) is 9.05 Å². The highest BCUT2D eigenvalue weighted by molar-refractivity contribution is 7.45. The molecule has 0 saturated carbocycles. The topological polar surface area (TPSA) is 108 Å². The molecule has 0 saturated heterocycles. The molecular weight excluding hydrogens is 623 g/mol. The molecule has 0 aromatic carbocycles. The molecule has 0 aliphatic carbocycles. The van der Waals surface area contributed by atoms with E-state index in [0.717, 1.165) is 57.8 Å². The monoisotopic (exact) mass is 699 g/mol. The molecule has 0 aliphatic heterocycles. The van der Waals surface area contributed by atoms with Gasteiger partial charge >= 0.3 is 0 Å². The summed E-state index contributed by atoms with van der Waals surface area (Å²) < 4.78 is 23.0. The Morgan fingerprint density at radius 1 is 0.708 bits per heavy atom. The largest absolute Gasteiger partial charge is 0.756 e. The summed E-state index contributed by atoms with van der Waals surface area (Å²) in [5, 5.41) is 13.7. The lowest BCUT2D eigenvalue weighted by Gasteiger charge is -2.29. The predicted molar refractivity (Wildman–Crippen MR) is 201 cm³/mol. The number of nitrogens with one attached hydrogen (secondary N) is 1. The second-order valence-corrected chi connectivity index (χ2v) is 15.7. The first-order valence-corrected chi connectivity index (χ1v) is 20.8. The lowest BCUT2D eigenvalue weighted by atomic mass is 10.1. The van der Waals surface area contributed by atoms with Gasteiger partial charge in [0.1, 0.15) is 13.2 Å². The van der Waals surface area contributed by atoms with Crippen LogP contribution in [0.2, 0.25) is 0 Å². The second-order valence-electron chi connectivity index (χ2n) is 14.3. The Balaban J connectivity index is 4.59. The Labute approximate surface area is 296 Å². The Bertz CT molecular complexity index is 886. The van der Waals surface area contributed by atoms with Crippen LogP contribution >= 0.6 is 7.82 Å². The zero-order chi connectivity index (χ0) is 35.8. The molecule has 0 aliphatic rings. The molecule has 0 bridgehead atoms. The van der Waals surface area contributed by atoms with Crippen molar-refractivity contribution in [3.05, 3.63) is 36.5 Å². The molecule has 48 heavy (non-hydrogen) atoms. The van der Waals surface area contributed by atoms with Gasteiger partial charge in [-0.1, -0.05) is 127 Å². The fourth-order valence-electron chi connectivity index (χ4n) is 5.16. The molecule has 0 aromatic rings. The van der Waals surface area contributed by atoms with E-state index in [-0.39, 0.29) is 12.5 Å². The van der Waals surface area contributed by atoms with Gasteiger partial charge in [-0.2, -0.15) is 0 Å². The minimum absolute atomic E-state index is 0.00839. The molecule has 0 fully saturated rings. The summed E-state index contributed by atoms with van der Waals surface area (Å²) in [6, 6.07) is -0.903. The van der Waals surface area contributed by atoms with Gasteiger partial charge in [0.2, 0.25) is 5.91 Å². The summed E-state index contributed by atoms with van der Waals surface area (Å²) in [6.07, 6.45) is 36.1. The number of rotatable bonds is 34. The highest BCUT2D eigenvalue weighted by Crippen LogP contribution is 2.38. The minimum Gasteiger partial charge on any atom is -0.756 e. The Morgan fingerprint density at radius 2 is 1.17 bits per heavy atom. The van der Waals surface area contributed by atoms with Crippen molar-refractivity contribution < 1.29 is 32.9 Å². The van der Waals surface area contributed by atoms with Gasteiger partial charge in [0.15, 0.2) is 0 Å². The number of phosphoric acid groups is 1. The first-order valence-electron chi connectivity index (χ1n) is 19.4. The van der Waals surface area contributed by atoms with Crippen LogP contribution in [0, 0.1) is 0 Å². The fraction of sp³-hybridized carbons (Fsp3) is 0.821. The average Bonchev–Trinajstić information content (AvgIpc) is 3.02. The highest BCUT2D eigenvalue weighted by Gasteiger charge is 2.23. The third-order valence-corrected chi connectivity index (χ3v) is 9.29. The quantitative estimate of drug-likeness (QED) is 0.0300. The summed E-state index contributed by atoms with van der Waals surface area (Å²) in [5.74, 6) is -0.220. The smallest absolute Gasteiger partial charge is 0.268 e.